The molecule has 0 spiro atoms. The predicted octanol–water partition coefficient (Wildman–Crippen LogP) is -3.43. The van der Waals surface area contributed by atoms with Crippen molar-refractivity contribution in [3.8, 4) is 0 Å². The van der Waals surface area contributed by atoms with Crippen LogP contribution in [0.15, 0.2) is 0 Å². The number of aliphatic carboxylic acids is 3. The van der Waals surface area contributed by atoms with Crippen LogP contribution in [0.25, 0.3) is 0 Å². The van der Waals surface area contributed by atoms with Gasteiger partial charge in [0.2, 0.25) is 23.6 Å². The number of carbonyl (C=O) groups is 7. The van der Waals surface area contributed by atoms with Gasteiger partial charge < -0.3 is 42.3 Å². The maximum absolute atomic E-state index is 12.8. The number of amides is 4. The lowest BCUT2D eigenvalue weighted by Crippen LogP contribution is -2.58. The summed E-state index contributed by atoms with van der Waals surface area (Å²) in [4.78, 5) is 83.1. The Labute approximate surface area is 187 Å². The van der Waals surface area contributed by atoms with E-state index in [4.69, 9.17) is 21.7 Å². The van der Waals surface area contributed by atoms with E-state index in [1.54, 1.807) is 0 Å². The summed E-state index contributed by atoms with van der Waals surface area (Å²) in [7, 11) is 0. The summed E-state index contributed by atoms with van der Waals surface area (Å²) in [6.45, 7) is 0.0433. The van der Waals surface area contributed by atoms with Gasteiger partial charge >= 0.3 is 17.9 Å². The minimum absolute atomic E-state index is 0.0433. The van der Waals surface area contributed by atoms with Crippen LogP contribution in [0.1, 0.15) is 38.5 Å². The third kappa shape index (κ3) is 8.72. The van der Waals surface area contributed by atoms with E-state index in [0.29, 0.717) is 6.42 Å². The van der Waals surface area contributed by atoms with Crippen molar-refractivity contribution in [3.63, 3.8) is 0 Å². The first-order valence-corrected chi connectivity index (χ1v) is 9.95. The molecular formula is C18H27N5O10. The molecule has 0 aromatic heterocycles. The van der Waals surface area contributed by atoms with Crippen molar-refractivity contribution in [1.82, 2.24) is 15.5 Å². The van der Waals surface area contributed by atoms with Crippen LogP contribution >= 0.6 is 0 Å². The van der Waals surface area contributed by atoms with Gasteiger partial charge in [0.15, 0.2) is 0 Å². The van der Waals surface area contributed by atoms with Crippen molar-refractivity contribution < 1.29 is 48.9 Å². The molecule has 0 aliphatic carbocycles. The van der Waals surface area contributed by atoms with E-state index in [9.17, 15) is 38.7 Å². The summed E-state index contributed by atoms with van der Waals surface area (Å²) in [6, 6.07) is -5.83. The Morgan fingerprint density at radius 2 is 1.52 bits per heavy atom. The van der Waals surface area contributed by atoms with E-state index >= 15 is 0 Å². The summed E-state index contributed by atoms with van der Waals surface area (Å²) in [5.41, 5.74) is 10.7. The Balaban J connectivity index is 2.99. The van der Waals surface area contributed by atoms with Crippen LogP contribution in [0.2, 0.25) is 0 Å². The van der Waals surface area contributed by atoms with Crippen molar-refractivity contribution in [3.05, 3.63) is 0 Å². The van der Waals surface area contributed by atoms with Gasteiger partial charge in [0, 0.05) is 13.0 Å². The molecule has 4 atom stereocenters. The topological polar surface area (TPSA) is 260 Å². The van der Waals surface area contributed by atoms with Gasteiger partial charge in [-0.1, -0.05) is 0 Å². The average Bonchev–Trinajstić information content (AvgIpc) is 3.19. The maximum atomic E-state index is 12.8. The molecule has 4 amide bonds. The molecule has 1 heterocycles. The number of nitrogens with two attached hydrogens (primary N) is 2. The number of hydrogen-bond acceptors (Lipinski definition) is 8. The van der Waals surface area contributed by atoms with E-state index in [-0.39, 0.29) is 19.4 Å². The third-order valence-electron chi connectivity index (χ3n) is 4.86. The number of nitrogens with one attached hydrogen (secondary N) is 2. The van der Waals surface area contributed by atoms with Crippen LogP contribution in [0.3, 0.4) is 0 Å². The fraction of sp³-hybridized carbons (Fsp3) is 0.611. The summed E-state index contributed by atoms with van der Waals surface area (Å²) < 4.78 is 0. The number of nitrogens with zero attached hydrogens (tertiary/aromatic N) is 1. The Bertz CT molecular complexity index is 816. The molecule has 0 saturated carbocycles. The minimum Gasteiger partial charge on any atom is -0.481 e. The van der Waals surface area contributed by atoms with Gasteiger partial charge in [0.25, 0.3) is 0 Å². The summed E-state index contributed by atoms with van der Waals surface area (Å²) in [6.07, 6.45) is -1.79. The highest BCUT2D eigenvalue weighted by molar-refractivity contribution is 5.97. The monoisotopic (exact) mass is 473 g/mol. The number of primary amides is 1. The van der Waals surface area contributed by atoms with E-state index in [0.717, 1.165) is 4.90 Å². The second kappa shape index (κ2) is 12.3. The fourth-order valence-corrected chi connectivity index (χ4v) is 3.23. The number of likely N-dealkylation sites (tertiary alicyclic amines) is 1. The van der Waals surface area contributed by atoms with Crippen LogP contribution in [0.4, 0.5) is 0 Å². The molecule has 1 rings (SSSR count). The van der Waals surface area contributed by atoms with E-state index in [1.807, 2.05) is 0 Å². The zero-order valence-corrected chi connectivity index (χ0v) is 17.6. The first-order valence-electron chi connectivity index (χ1n) is 9.95. The lowest BCUT2D eigenvalue weighted by molar-refractivity contribution is -0.150. The normalized spacial score (nSPS) is 18.0. The molecule has 1 aliphatic rings. The van der Waals surface area contributed by atoms with Crippen molar-refractivity contribution >= 4 is 41.5 Å². The summed E-state index contributed by atoms with van der Waals surface area (Å²) in [5.74, 6) is -8.01. The SMILES string of the molecule is NC(=O)CC(NC(=O)C(N)CCC(=O)O)C(=O)NC(CC(=O)O)C(=O)N1CCCC1C(=O)O. The highest BCUT2D eigenvalue weighted by atomic mass is 16.4. The first kappa shape index (κ1) is 27.3. The fourth-order valence-electron chi connectivity index (χ4n) is 3.23. The summed E-state index contributed by atoms with van der Waals surface area (Å²) in [5, 5.41) is 31.3. The number of carbonyl (C=O) groups excluding carboxylic acids is 4. The lowest BCUT2D eigenvalue weighted by atomic mass is 10.1. The smallest absolute Gasteiger partial charge is 0.326 e. The molecule has 0 radical (unpaired) electrons. The molecule has 4 unspecified atom stereocenters. The van der Waals surface area contributed by atoms with Crippen LogP contribution in [-0.4, -0.2) is 92.5 Å². The van der Waals surface area contributed by atoms with Gasteiger partial charge in [-0.3, -0.25) is 28.8 Å². The number of hydrogen-bond donors (Lipinski definition) is 7. The number of carboxylic acid groups (broad SMARTS) is 3. The number of rotatable bonds is 13. The molecule has 0 bridgehead atoms. The zero-order valence-electron chi connectivity index (χ0n) is 17.6. The van der Waals surface area contributed by atoms with Gasteiger partial charge in [-0.05, 0) is 19.3 Å². The van der Waals surface area contributed by atoms with E-state index < -0.39 is 85.0 Å². The molecule has 0 aromatic carbocycles. The standard InChI is InChI=1S/C18H27N5O10/c19-8(3-4-13(25)26)15(29)21-9(6-12(20)24)16(30)22-10(7-14(27)28)17(31)23-5-1-2-11(23)18(32)33/h8-11H,1-7,19H2,(H2,20,24)(H,21,29)(H,22,30)(H,25,26)(H,27,28)(H,32,33). The highest BCUT2D eigenvalue weighted by Gasteiger charge is 2.39. The van der Waals surface area contributed by atoms with Gasteiger partial charge in [0.1, 0.15) is 18.1 Å². The maximum Gasteiger partial charge on any atom is 0.326 e. The Morgan fingerprint density at radius 1 is 0.909 bits per heavy atom. The van der Waals surface area contributed by atoms with Crippen molar-refractivity contribution in [1.29, 1.82) is 0 Å². The molecule has 1 fully saturated rings. The van der Waals surface area contributed by atoms with Gasteiger partial charge in [-0.25, -0.2) is 4.79 Å². The Hall–Kier alpha value is -3.75. The van der Waals surface area contributed by atoms with Crippen LogP contribution in [-0.2, 0) is 33.6 Å². The predicted molar refractivity (Wildman–Crippen MR) is 107 cm³/mol. The molecule has 1 aliphatic heterocycles. The lowest BCUT2D eigenvalue weighted by Gasteiger charge is -2.28. The second-order valence-corrected chi connectivity index (χ2v) is 7.46. The molecule has 184 valence electrons. The van der Waals surface area contributed by atoms with Crippen molar-refractivity contribution in [2.45, 2.75) is 62.7 Å². The van der Waals surface area contributed by atoms with E-state index in [1.165, 1.54) is 0 Å². The van der Waals surface area contributed by atoms with Crippen LogP contribution < -0.4 is 22.1 Å². The van der Waals surface area contributed by atoms with Gasteiger partial charge in [0.05, 0.1) is 18.9 Å². The van der Waals surface area contributed by atoms with Gasteiger partial charge in [-0.2, -0.15) is 0 Å². The van der Waals surface area contributed by atoms with Crippen LogP contribution in [0.5, 0.6) is 0 Å². The van der Waals surface area contributed by atoms with Crippen molar-refractivity contribution in [2.24, 2.45) is 11.5 Å². The van der Waals surface area contributed by atoms with Crippen LogP contribution in [0, 0.1) is 0 Å². The number of carboxylic acids is 3. The first-order chi connectivity index (χ1) is 15.3. The Kier molecular flexibility index (Phi) is 10.2. The Morgan fingerprint density at radius 3 is 2.03 bits per heavy atom. The molecule has 0 aromatic rings. The average molecular weight is 473 g/mol. The molecule has 9 N–H and O–H groups in total. The second-order valence-electron chi connectivity index (χ2n) is 7.46. The van der Waals surface area contributed by atoms with Gasteiger partial charge in [-0.15, -0.1) is 0 Å². The zero-order chi connectivity index (χ0) is 25.3. The molecule has 15 heteroatoms. The molecule has 33 heavy (non-hydrogen) atoms. The third-order valence-corrected chi connectivity index (χ3v) is 4.86. The van der Waals surface area contributed by atoms with Crippen molar-refractivity contribution in [2.75, 3.05) is 6.54 Å². The highest BCUT2D eigenvalue weighted by Crippen LogP contribution is 2.19. The minimum atomic E-state index is -1.68. The molecule has 15 nitrogen and oxygen atoms in total. The molecular weight excluding hydrogens is 446 g/mol. The molecule has 1 saturated heterocycles. The largest absolute Gasteiger partial charge is 0.481 e. The summed E-state index contributed by atoms with van der Waals surface area (Å²) >= 11 is 0. The van der Waals surface area contributed by atoms with E-state index in [2.05, 4.69) is 10.6 Å². The quantitative estimate of drug-likeness (QED) is 0.138.